The molecule has 0 saturated carbocycles. The van der Waals surface area contributed by atoms with E-state index < -0.39 is 0 Å². The molecule has 2 aliphatic carbocycles. The van der Waals surface area contributed by atoms with E-state index in [4.69, 9.17) is 0 Å². The van der Waals surface area contributed by atoms with E-state index in [0.29, 0.717) is 0 Å². The Labute approximate surface area is 119 Å². The van der Waals surface area contributed by atoms with E-state index in [0.717, 1.165) is 24.7 Å². The van der Waals surface area contributed by atoms with E-state index in [-0.39, 0.29) is 0 Å². The fraction of sp³-hybridized carbons (Fsp3) is 0.105. The molecule has 1 nitrogen and oxygen atoms in total. The Morgan fingerprint density at radius 1 is 0.950 bits per heavy atom. The van der Waals surface area contributed by atoms with E-state index in [2.05, 4.69) is 48.6 Å². The molecule has 0 fully saturated rings. The highest BCUT2D eigenvalue weighted by atomic mass is 16.1. The van der Waals surface area contributed by atoms with Gasteiger partial charge >= 0.3 is 0 Å². The lowest BCUT2D eigenvalue weighted by atomic mass is 9.89. The molecule has 0 radical (unpaired) electrons. The van der Waals surface area contributed by atoms with Crippen LogP contribution in [0.4, 0.5) is 0 Å². The Bertz CT molecular complexity index is 681. The van der Waals surface area contributed by atoms with Gasteiger partial charge in [0.2, 0.25) is 0 Å². The van der Waals surface area contributed by atoms with Gasteiger partial charge in [-0.25, -0.2) is 0 Å². The number of rotatable bonds is 2. The van der Waals surface area contributed by atoms with Gasteiger partial charge in [-0.05, 0) is 46.8 Å². The molecule has 1 heteroatoms. The first kappa shape index (κ1) is 12.6. The van der Waals surface area contributed by atoms with Crippen molar-refractivity contribution in [1.82, 2.24) is 0 Å². The first-order chi connectivity index (χ1) is 9.90. The summed E-state index contributed by atoms with van der Waals surface area (Å²) >= 11 is 0. The van der Waals surface area contributed by atoms with E-state index in [9.17, 15) is 4.79 Å². The molecule has 0 unspecified atom stereocenters. The summed E-state index contributed by atoms with van der Waals surface area (Å²) in [4.78, 5) is 10.4. The number of aldehydes is 1. The third-order valence-corrected chi connectivity index (χ3v) is 3.68. The number of carbonyl (C=O) groups excluding carboxylic acids is 1. The van der Waals surface area contributed by atoms with Crippen molar-refractivity contribution < 1.29 is 4.79 Å². The van der Waals surface area contributed by atoms with Crippen LogP contribution >= 0.6 is 0 Å². The molecule has 1 aromatic rings. The lowest BCUT2D eigenvalue weighted by molar-refractivity contribution is -0.104. The lowest BCUT2D eigenvalue weighted by Crippen LogP contribution is -1.95. The topological polar surface area (TPSA) is 17.1 Å². The lowest BCUT2D eigenvalue weighted by Gasteiger charge is -2.15. The standard InChI is InChI=1S/C19H16O/c20-14-6-5-8-16-13-12-15-7-1-2-9-17(15)19-11-4-3-10-18(16)19/h1,3-8,10-14H,2,9H2/b6-5+,16-8?. The number of carbonyl (C=O) groups is 1. The molecular weight excluding hydrogens is 244 g/mol. The third kappa shape index (κ3) is 2.35. The SMILES string of the molecule is O=C/C=C/C=C1C=CC2=C(CCC=C2)c2ccccc21. The summed E-state index contributed by atoms with van der Waals surface area (Å²) in [5.74, 6) is 0. The van der Waals surface area contributed by atoms with Gasteiger partial charge in [0, 0.05) is 0 Å². The van der Waals surface area contributed by atoms with E-state index in [1.807, 2.05) is 6.08 Å². The molecule has 0 bridgehead atoms. The van der Waals surface area contributed by atoms with Gasteiger partial charge in [0.15, 0.2) is 0 Å². The zero-order valence-corrected chi connectivity index (χ0v) is 11.3. The summed E-state index contributed by atoms with van der Waals surface area (Å²) in [5, 5.41) is 0. The highest BCUT2D eigenvalue weighted by molar-refractivity contribution is 5.90. The van der Waals surface area contributed by atoms with Crippen LogP contribution in [-0.4, -0.2) is 6.29 Å². The van der Waals surface area contributed by atoms with Gasteiger partial charge in [-0.15, -0.1) is 0 Å². The van der Waals surface area contributed by atoms with Crippen molar-refractivity contribution in [2.45, 2.75) is 12.8 Å². The van der Waals surface area contributed by atoms with Crippen molar-refractivity contribution in [3.05, 3.63) is 83.5 Å². The van der Waals surface area contributed by atoms with Gasteiger partial charge in [-0.3, -0.25) is 4.79 Å². The van der Waals surface area contributed by atoms with Crippen LogP contribution in [0.3, 0.4) is 0 Å². The van der Waals surface area contributed by atoms with Gasteiger partial charge in [0.05, 0.1) is 0 Å². The molecule has 0 atom stereocenters. The third-order valence-electron chi connectivity index (χ3n) is 3.68. The minimum absolute atomic E-state index is 0.801. The van der Waals surface area contributed by atoms with E-state index >= 15 is 0 Å². The summed E-state index contributed by atoms with van der Waals surface area (Å²) in [6.07, 6.45) is 17.0. The van der Waals surface area contributed by atoms with Crippen LogP contribution in [0.25, 0.3) is 11.1 Å². The fourth-order valence-electron chi connectivity index (χ4n) is 2.75. The van der Waals surface area contributed by atoms with Gasteiger partial charge in [0.1, 0.15) is 6.29 Å². The first-order valence-corrected chi connectivity index (χ1v) is 6.90. The highest BCUT2D eigenvalue weighted by Gasteiger charge is 2.16. The second-order valence-corrected chi connectivity index (χ2v) is 4.90. The molecule has 3 rings (SSSR count). The predicted molar refractivity (Wildman–Crippen MR) is 84.1 cm³/mol. The molecular formula is C19H16O. The Balaban J connectivity index is 2.16. The number of hydrogen-bond donors (Lipinski definition) is 0. The Morgan fingerprint density at radius 3 is 2.65 bits per heavy atom. The summed E-state index contributed by atoms with van der Waals surface area (Å²) in [5.41, 5.74) is 6.40. The van der Waals surface area contributed by atoms with E-state index in [1.165, 1.54) is 28.3 Å². The van der Waals surface area contributed by atoms with Crippen molar-refractivity contribution in [3.8, 4) is 0 Å². The molecule has 0 heterocycles. The molecule has 20 heavy (non-hydrogen) atoms. The van der Waals surface area contributed by atoms with Crippen LogP contribution in [0.1, 0.15) is 24.0 Å². The van der Waals surface area contributed by atoms with Crippen molar-refractivity contribution in [3.63, 3.8) is 0 Å². The number of benzene rings is 1. The average Bonchev–Trinajstić information content (AvgIpc) is 2.66. The maximum atomic E-state index is 10.4. The van der Waals surface area contributed by atoms with Crippen molar-refractivity contribution in [2.24, 2.45) is 0 Å². The zero-order valence-electron chi connectivity index (χ0n) is 11.3. The van der Waals surface area contributed by atoms with Gasteiger partial charge < -0.3 is 0 Å². The Morgan fingerprint density at radius 2 is 1.80 bits per heavy atom. The van der Waals surface area contributed by atoms with E-state index in [1.54, 1.807) is 6.08 Å². The minimum Gasteiger partial charge on any atom is -0.299 e. The van der Waals surface area contributed by atoms with Crippen LogP contribution in [0.15, 0.2) is 72.4 Å². The van der Waals surface area contributed by atoms with Gasteiger partial charge in [-0.2, -0.15) is 0 Å². The van der Waals surface area contributed by atoms with Crippen LogP contribution in [0.2, 0.25) is 0 Å². The Kier molecular flexibility index (Phi) is 3.60. The molecule has 0 N–H and O–H groups in total. The van der Waals surface area contributed by atoms with Gasteiger partial charge in [-0.1, -0.05) is 60.7 Å². The first-order valence-electron chi connectivity index (χ1n) is 6.90. The number of allylic oxidation sites excluding steroid dienone is 10. The molecule has 0 spiro atoms. The summed E-state index contributed by atoms with van der Waals surface area (Å²) in [6, 6.07) is 8.49. The molecule has 0 amide bonds. The molecule has 98 valence electrons. The van der Waals surface area contributed by atoms with Crippen molar-refractivity contribution >= 4 is 17.4 Å². The van der Waals surface area contributed by atoms with Crippen LogP contribution < -0.4 is 0 Å². The number of hydrogen-bond acceptors (Lipinski definition) is 1. The van der Waals surface area contributed by atoms with Crippen LogP contribution in [0.5, 0.6) is 0 Å². The fourth-order valence-corrected chi connectivity index (χ4v) is 2.75. The smallest absolute Gasteiger partial charge is 0.142 e. The van der Waals surface area contributed by atoms with Crippen molar-refractivity contribution in [2.75, 3.05) is 0 Å². The number of fused-ring (bicyclic) bond motifs is 2. The monoisotopic (exact) mass is 260 g/mol. The minimum atomic E-state index is 0.801. The van der Waals surface area contributed by atoms with Crippen LogP contribution in [0, 0.1) is 0 Å². The average molecular weight is 260 g/mol. The molecule has 0 aliphatic heterocycles. The quantitative estimate of drug-likeness (QED) is 0.565. The summed E-state index contributed by atoms with van der Waals surface area (Å²) in [6.45, 7) is 0. The van der Waals surface area contributed by atoms with Crippen molar-refractivity contribution in [1.29, 1.82) is 0 Å². The maximum Gasteiger partial charge on any atom is 0.142 e. The zero-order chi connectivity index (χ0) is 13.8. The molecule has 0 saturated heterocycles. The maximum absolute atomic E-state index is 10.4. The summed E-state index contributed by atoms with van der Waals surface area (Å²) in [7, 11) is 0. The summed E-state index contributed by atoms with van der Waals surface area (Å²) < 4.78 is 0. The second kappa shape index (κ2) is 5.70. The molecule has 0 aromatic heterocycles. The largest absolute Gasteiger partial charge is 0.299 e. The molecule has 2 aliphatic rings. The van der Waals surface area contributed by atoms with Crippen LogP contribution in [-0.2, 0) is 4.79 Å². The van der Waals surface area contributed by atoms with Gasteiger partial charge in [0.25, 0.3) is 0 Å². The normalized spacial score (nSPS) is 19.1. The molecule has 1 aromatic carbocycles. The second-order valence-electron chi connectivity index (χ2n) is 4.90. The predicted octanol–water partition coefficient (Wildman–Crippen LogP) is 4.50. The Hall–Kier alpha value is -2.41. The highest BCUT2D eigenvalue weighted by Crippen LogP contribution is 2.37.